The van der Waals surface area contributed by atoms with Crippen molar-refractivity contribution in [3.05, 3.63) is 63.7 Å². The second-order valence-electron chi connectivity index (χ2n) is 9.39. The van der Waals surface area contributed by atoms with Gasteiger partial charge in [-0.05, 0) is 87.1 Å². The van der Waals surface area contributed by atoms with Crippen molar-refractivity contribution in [1.29, 1.82) is 0 Å². The van der Waals surface area contributed by atoms with E-state index in [1.165, 1.54) is 6.08 Å². The fourth-order valence-corrected chi connectivity index (χ4v) is 5.26. The van der Waals surface area contributed by atoms with Crippen LogP contribution in [0.4, 0.5) is 16.2 Å². The third-order valence-corrected chi connectivity index (χ3v) is 6.81. The van der Waals surface area contributed by atoms with E-state index in [1.807, 2.05) is 25.1 Å². The number of benzene rings is 2. The van der Waals surface area contributed by atoms with E-state index in [9.17, 15) is 14.4 Å². The molecule has 4 rings (SSSR count). The number of fused-ring (bicyclic) bond motifs is 1. The highest BCUT2D eigenvalue weighted by Gasteiger charge is 2.38. The Labute approximate surface area is 199 Å². The number of nitrogens with one attached hydrogen (secondary N) is 1. The SMILES string of the molecule is CCN1c2cc(Cl)c(/C=C3/C(=O)NC(=O)N(c4cccc(C)c4)C3=O)cc2C(C)CC1(C)C. The van der Waals surface area contributed by atoms with Gasteiger partial charge in [0.15, 0.2) is 0 Å². The van der Waals surface area contributed by atoms with Crippen molar-refractivity contribution in [3.63, 3.8) is 0 Å². The van der Waals surface area contributed by atoms with Gasteiger partial charge in [-0.15, -0.1) is 0 Å². The second-order valence-corrected chi connectivity index (χ2v) is 9.80. The predicted octanol–water partition coefficient (Wildman–Crippen LogP) is 5.43. The molecule has 0 aromatic heterocycles. The van der Waals surface area contributed by atoms with Gasteiger partial charge >= 0.3 is 6.03 Å². The Morgan fingerprint density at radius 2 is 1.91 bits per heavy atom. The van der Waals surface area contributed by atoms with Crippen molar-refractivity contribution < 1.29 is 14.4 Å². The number of aryl methyl sites for hydroxylation is 1. The van der Waals surface area contributed by atoms with Crippen molar-refractivity contribution in [2.24, 2.45) is 0 Å². The van der Waals surface area contributed by atoms with E-state index in [-0.39, 0.29) is 17.0 Å². The van der Waals surface area contributed by atoms with E-state index in [1.54, 1.807) is 18.2 Å². The molecule has 172 valence electrons. The Kier molecular flexibility index (Phi) is 5.83. The number of urea groups is 1. The molecule has 2 aliphatic rings. The summed E-state index contributed by atoms with van der Waals surface area (Å²) < 4.78 is 0. The van der Waals surface area contributed by atoms with E-state index in [4.69, 9.17) is 11.6 Å². The molecule has 6 nitrogen and oxygen atoms in total. The number of carbonyl (C=O) groups is 3. The van der Waals surface area contributed by atoms with Gasteiger partial charge in [0, 0.05) is 22.8 Å². The second kappa shape index (κ2) is 8.34. The van der Waals surface area contributed by atoms with E-state index in [0.29, 0.717) is 16.3 Å². The summed E-state index contributed by atoms with van der Waals surface area (Å²) in [5.74, 6) is -1.12. The highest BCUT2D eigenvalue weighted by Crippen LogP contribution is 2.45. The Morgan fingerprint density at radius 1 is 1.18 bits per heavy atom. The first-order valence-corrected chi connectivity index (χ1v) is 11.5. The molecular formula is C26H28ClN3O3. The largest absolute Gasteiger partial charge is 0.366 e. The monoisotopic (exact) mass is 465 g/mol. The number of carbonyl (C=O) groups excluding carboxylic acids is 3. The number of anilines is 2. The summed E-state index contributed by atoms with van der Waals surface area (Å²) in [4.78, 5) is 41.6. The molecule has 2 heterocycles. The highest BCUT2D eigenvalue weighted by atomic mass is 35.5. The molecule has 33 heavy (non-hydrogen) atoms. The minimum Gasteiger partial charge on any atom is -0.366 e. The average molecular weight is 466 g/mol. The topological polar surface area (TPSA) is 69.7 Å². The molecule has 1 N–H and O–H groups in total. The fourth-order valence-electron chi connectivity index (χ4n) is 5.04. The number of halogens is 1. The van der Waals surface area contributed by atoms with E-state index in [2.05, 4.69) is 37.9 Å². The molecule has 0 aliphatic carbocycles. The minimum absolute atomic E-state index is 0.00161. The number of barbiturate groups is 1. The molecule has 0 spiro atoms. The summed E-state index contributed by atoms with van der Waals surface area (Å²) >= 11 is 6.65. The van der Waals surface area contributed by atoms with Gasteiger partial charge in [-0.3, -0.25) is 14.9 Å². The lowest BCUT2D eigenvalue weighted by atomic mass is 9.79. The maximum Gasteiger partial charge on any atom is 0.335 e. The third kappa shape index (κ3) is 4.04. The van der Waals surface area contributed by atoms with Crippen LogP contribution in [0.3, 0.4) is 0 Å². The van der Waals surface area contributed by atoms with Crippen LogP contribution >= 0.6 is 11.6 Å². The van der Waals surface area contributed by atoms with Crippen LogP contribution in [0.15, 0.2) is 42.0 Å². The van der Waals surface area contributed by atoms with Crippen molar-refractivity contribution >= 4 is 46.9 Å². The summed E-state index contributed by atoms with van der Waals surface area (Å²) in [5, 5.41) is 2.72. The van der Waals surface area contributed by atoms with E-state index < -0.39 is 17.8 Å². The van der Waals surface area contributed by atoms with Crippen molar-refractivity contribution in [2.75, 3.05) is 16.3 Å². The summed E-state index contributed by atoms with van der Waals surface area (Å²) in [6.45, 7) is 11.5. The van der Waals surface area contributed by atoms with Gasteiger partial charge in [0.2, 0.25) is 0 Å². The molecule has 4 amide bonds. The average Bonchev–Trinajstić information content (AvgIpc) is 2.71. The lowest BCUT2D eigenvalue weighted by Crippen LogP contribution is -2.54. The first-order chi connectivity index (χ1) is 15.5. The highest BCUT2D eigenvalue weighted by molar-refractivity contribution is 6.40. The summed E-state index contributed by atoms with van der Waals surface area (Å²) in [5.41, 5.74) is 3.95. The standard InChI is InChI=1S/C26H28ClN3O3/c1-6-29-22-13-21(27)17(11-19(22)16(3)14-26(29,4)5)12-20-23(31)28-25(33)30(24(20)32)18-9-7-8-15(2)10-18/h7-13,16H,6,14H2,1-5H3,(H,28,31,33)/b20-12-. The third-order valence-electron chi connectivity index (χ3n) is 6.48. The van der Waals surface area contributed by atoms with Crippen LogP contribution in [0.25, 0.3) is 6.08 Å². The van der Waals surface area contributed by atoms with Gasteiger partial charge in [-0.1, -0.05) is 30.7 Å². The molecule has 1 atom stereocenters. The zero-order chi connectivity index (χ0) is 24.1. The first-order valence-electron chi connectivity index (χ1n) is 11.1. The zero-order valence-corrected chi connectivity index (χ0v) is 20.3. The maximum atomic E-state index is 13.2. The maximum absolute atomic E-state index is 13.2. The number of nitrogens with zero attached hydrogens (tertiary/aromatic N) is 2. The summed E-state index contributed by atoms with van der Waals surface area (Å²) in [6, 6.07) is 10.1. The van der Waals surface area contributed by atoms with Crippen LogP contribution in [0.5, 0.6) is 0 Å². The van der Waals surface area contributed by atoms with Crippen LogP contribution in [-0.4, -0.2) is 29.9 Å². The Hall–Kier alpha value is -3.12. The molecule has 2 aromatic carbocycles. The van der Waals surface area contributed by atoms with Gasteiger partial charge in [-0.2, -0.15) is 0 Å². The lowest BCUT2D eigenvalue weighted by Gasteiger charge is -2.47. The predicted molar refractivity (Wildman–Crippen MR) is 132 cm³/mol. The number of hydrogen-bond acceptors (Lipinski definition) is 4. The van der Waals surface area contributed by atoms with E-state index in [0.717, 1.165) is 34.7 Å². The zero-order valence-electron chi connectivity index (χ0n) is 19.5. The Bertz CT molecular complexity index is 1200. The minimum atomic E-state index is -0.765. The van der Waals surface area contributed by atoms with Crippen LogP contribution < -0.4 is 15.1 Å². The van der Waals surface area contributed by atoms with Gasteiger partial charge in [0.25, 0.3) is 11.8 Å². The van der Waals surface area contributed by atoms with Gasteiger partial charge in [-0.25, -0.2) is 9.69 Å². The van der Waals surface area contributed by atoms with Gasteiger partial charge in [0.1, 0.15) is 5.57 Å². The van der Waals surface area contributed by atoms with Crippen molar-refractivity contribution in [1.82, 2.24) is 5.32 Å². The smallest absolute Gasteiger partial charge is 0.335 e. The number of imide groups is 2. The van der Waals surface area contributed by atoms with E-state index >= 15 is 0 Å². The molecule has 0 bridgehead atoms. The van der Waals surface area contributed by atoms with Crippen molar-refractivity contribution in [2.45, 2.75) is 52.5 Å². The number of rotatable bonds is 3. The summed E-state index contributed by atoms with van der Waals surface area (Å²) in [7, 11) is 0. The van der Waals surface area contributed by atoms with Crippen LogP contribution in [-0.2, 0) is 9.59 Å². The molecule has 2 aliphatic heterocycles. The molecule has 7 heteroatoms. The molecular weight excluding hydrogens is 438 g/mol. The quantitative estimate of drug-likeness (QED) is 0.485. The first kappa shape index (κ1) is 23.1. The molecule has 0 radical (unpaired) electrons. The molecule has 0 saturated carbocycles. The number of amides is 4. The fraction of sp³-hybridized carbons (Fsp3) is 0.346. The normalized spacial score (nSPS) is 21.3. The molecule has 2 aromatic rings. The molecule has 1 fully saturated rings. The molecule has 1 saturated heterocycles. The Morgan fingerprint density at radius 3 is 2.58 bits per heavy atom. The van der Waals surface area contributed by atoms with Gasteiger partial charge in [0.05, 0.1) is 5.69 Å². The van der Waals surface area contributed by atoms with Crippen LogP contribution in [0.1, 0.15) is 56.7 Å². The molecule has 1 unspecified atom stereocenters. The van der Waals surface area contributed by atoms with Crippen LogP contribution in [0.2, 0.25) is 5.02 Å². The summed E-state index contributed by atoms with van der Waals surface area (Å²) in [6.07, 6.45) is 2.46. The lowest BCUT2D eigenvalue weighted by molar-refractivity contribution is -0.122. The van der Waals surface area contributed by atoms with Crippen molar-refractivity contribution in [3.8, 4) is 0 Å². The van der Waals surface area contributed by atoms with Gasteiger partial charge < -0.3 is 4.90 Å². The Balaban J connectivity index is 1.78. The number of hydrogen-bond donors (Lipinski definition) is 1. The van der Waals surface area contributed by atoms with Crippen LogP contribution in [0, 0.1) is 6.92 Å².